The Hall–Kier alpha value is -3.79. The second kappa shape index (κ2) is 11.8. The molecule has 0 aliphatic heterocycles. The van der Waals surface area contributed by atoms with Crippen LogP contribution in [0.4, 0.5) is 5.82 Å². The summed E-state index contributed by atoms with van der Waals surface area (Å²) in [6, 6.07) is 17.5. The van der Waals surface area contributed by atoms with Gasteiger partial charge in [0.2, 0.25) is 0 Å². The molecule has 0 saturated heterocycles. The van der Waals surface area contributed by atoms with E-state index in [-0.39, 0.29) is 31.5 Å². The molecule has 4 aromatic rings. The minimum atomic E-state index is -3.72. The molecule has 3 N–H and O–H groups in total. The molecule has 0 aliphatic carbocycles. The molecule has 11 nitrogen and oxygen atoms in total. The molecule has 188 valence electrons. The van der Waals surface area contributed by atoms with Crippen LogP contribution in [-0.4, -0.2) is 51.0 Å². The van der Waals surface area contributed by atoms with E-state index >= 15 is 0 Å². The maximum Gasteiger partial charge on any atom is 0.404 e. The first-order valence-corrected chi connectivity index (χ1v) is 13.0. The Balaban J connectivity index is 1.35. The fourth-order valence-electron chi connectivity index (χ4n) is 3.35. The van der Waals surface area contributed by atoms with E-state index in [0.29, 0.717) is 34.8 Å². The molecule has 36 heavy (non-hydrogen) atoms. The van der Waals surface area contributed by atoms with Crippen LogP contribution in [0.5, 0.6) is 5.75 Å². The maximum atomic E-state index is 13.5. The van der Waals surface area contributed by atoms with Crippen LogP contribution in [0.25, 0.3) is 11.2 Å². The van der Waals surface area contributed by atoms with Crippen LogP contribution >= 0.6 is 7.60 Å². The Labute approximate surface area is 208 Å². The number of aromatic nitrogens is 4. The number of nitrogen functional groups attached to an aromatic ring is 1. The van der Waals surface area contributed by atoms with E-state index < -0.39 is 7.60 Å². The van der Waals surface area contributed by atoms with E-state index in [4.69, 9.17) is 19.5 Å². The number of hydrogen-bond acceptors (Lipinski definition) is 9. The molecule has 0 saturated carbocycles. The minimum absolute atomic E-state index is 0.0250. The van der Waals surface area contributed by atoms with Gasteiger partial charge in [0.25, 0.3) is 5.91 Å². The van der Waals surface area contributed by atoms with Crippen molar-refractivity contribution in [3.05, 3.63) is 78.9 Å². The summed E-state index contributed by atoms with van der Waals surface area (Å²) in [4.78, 5) is 24.6. The van der Waals surface area contributed by atoms with Crippen LogP contribution in [0.3, 0.4) is 0 Å². The summed E-state index contributed by atoms with van der Waals surface area (Å²) in [5, 5.41) is 2.74. The summed E-state index contributed by atoms with van der Waals surface area (Å²) in [6.45, 7) is 2.32. The molecule has 0 bridgehead atoms. The number of amides is 1. The molecule has 4 rings (SSSR count). The largest absolute Gasteiger partial charge is 0.423 e. The average Bonchev–Trinajstić information content (AvgIpc) is 3.30. The van der Waals surface area contributed by atoms with Crippen LogP contribution < -0.4 is 15.6 Å². The van der Waals surface area contributed by atoms with E-state index in [9.17, 15) is 9.36 Å². The fraction of sp³-hybridized carbons (Fsp3) is 0.250. The number of carbonyl (C=O) groups is 1. The lowest BCUT2D eigenvalue weighted by molar-refractivity contribution is 0.0726. The third-order valence-electron chi connectivity index (χ3n) is 5.10. The first kappa shape index (κ1) is 25.3. The van der Waals surface area contributed by atoms with Crippen molar-refractivity contribution in [2.75, 3.05) is 25.2 Å². The van der Waals surface area contributed by atoms with Crippen molar-refractivity contribution in [2.45, 2.75) is 19.6 Å². The predicted octanol–water partition coefficient (Wildman–Crippen LogP) is 3.49. The number of benzene rings is 2. The number of hydrogen-bond donors (Lipinski definition) is 2. The van der Waals surface area contributed by atoms with Crippen molar-refractivity contribution >= 4 is 30.5 Å². The Morgan fingerprint density at radius 3 is 2.56 bits per heavy atom. The number of fused-ring (bicyclic) bond motifs is 1. The normalized spacial score (nSPS) is 13.7. The molecule has 2 unspecified atom stereocenters. The fourth-order valence-corrected chi connectivity index (χ4v) is 4.78. The van der Waals surface area contributed by atoms with Gasteiger partial charge in [0.15, 0.2) is 17.8 Å². The number of ether oxygens (including phenoxy) is 1. The summed E-state index contributed by atoms with van der Waals surface area (Å²) in [7, 11) is -3.72. The Bertz CT molecular complexity index is 1330. The molecule has 2 aromatic heterocycles. The van der Waals surface area contributed by atoms with Gasteiger partial charge in [0.1, 0.15) is 17.6 Å². The zero-order valence-corrected chi connectivity index (χ0v) is 20.6. The van der Waals surface area contributed by atoms with Crippen LogP contribution in [0.1, 0.15) is 17.3 Å². The zero-order chi connectivity index (χ0) is 25.4. The zero-order valence-electron chi connectivity index (χ0n) is 19.7. The first-order valence-electron chi connectivity index (χ1n) is 11.3. The van der Waals surface area contributed by atoms with Gasteiger partial charge in [-0.1, -0.05) is 36.4 Å². The van der Waals surface area contributed by atoms with Crippen LogP contribution in [0, 0.1) is 0 Å². The molecular formula is C24H27N6O5P. The van der Waals surface area contributed by atoms with Gasteiger partial charge in [-0.2, -0.15) is 0 Å². The molecule has 2 heterocycles. The summed E-state index contributed by atoms with van der Waals surface area (Å²) >= 11 is 0. The summed E-state index contributed by atoms with van der Waals surface area (Å²) < 4.78 is 32.5. The molecule has 0 aliphatic rings. The number of rotatable bonds is 12. The topological polar surface area (TPSA) is 143 Å². The second-order valence-electron chi connectivity index (χ2n) is 7.90. The van der Waals surface area contributed by atoms with Crippen molar-refractivity contribution in [1.29, 1.82) is 0 Å². The lowest BCUT2D eigenvalue weighted by Crippen LogP contribution is -2.27. The van der Waals surface area contributed by atoms with Crippen LogP contribution in [0.2, 0.25) is 0 Å². The molecular weight excluding hydrogens is 483 g/mol. The van der Waals surface area contributed by atoms with Gasteiger partial charge >= 0.3 is 7.60 Å². The van der Waals surface area contributed by atoms with Crippen LogP contribution in [-0.2, 0) is 20.4 Å². The Morgan fingerprint density at radius 1 is 1.08 bits per heavy atom. The van der Waals surface area contributed by atoms with E-state index in [2.05, 4.69) is 20.3 Å². The van der Waals surface area contributed by atoms with Gasteiger partial charge in [0, 0.05) is 12.1 Å². The molecule has 0 spiro atoms. The maximum absolute atomic E-state index is 13.5. The highest BCUT2D eigenvalue weighted by Crippen LogP contribution is 2.48. The highest BCUT2D eigenvalue weighted by Gasteiger charge is 2.28. The van der Waals surface area contributed by atoms with Gasteiger partial charge in [0.05, 0.1) is 25.6 Å². The number of para-hydroxylation sites is 1. The van der Waals surface area contributed by atoms with E-state index in [1.807, 2.05) is 19.1 Å². The number of carbonyl (C=O) groups excluding carboxylic acids is 1. The van der Waals surface area contributed by atoms with Gasteiger partial charge in [-0.3, -0.25) is 9.32 Å². The Kier molecular flexibility index (Phi) is 8.27. The summed E-state index contributed by atoms with van der Waals surface area (Å²) in [5.74, 6) is 0.430. The molecule has 2 atom stereocenters. The molecule has 0 fully saturated rings. The van der Waals surface area contributed by atoms with Crippen molar-refractivity contribution in [3.63, 3.8) is 0 Å². The van der Waals surface area contributed by atoms with Gasteiger partial charge in [-0.15, -0.1) is 0 Å². The summed E-state index contributed by atoms with van der Waals surface area (Å²) in [6.07, 6.45) is 2.29. The molecule has 0 radical (unpaired) electrons. The number of nitrogens with two attached hydrogens (primary N) is 1. The number of nitrogens with zero attached hydrogens (tertiary/aromatic N) is 4. The van der Waals surface area contributed by atoms with E-state index in [1.54, 1.807) is 59.4 Å². The smallest absolute Gasteiger partial charge is 0.404 e. The number of nitrogens with one attached hydrogen (secondary N) is 1. The first-order chi connectivity index (χ1) is 17.4. The predicted molar refractivity (Wildman–Crippen MR) is 135 cm³/mol. The van der Waals surface area contributed by atoms with Crippen LogP contribution in [0.15, 0.2) is 73.3 Å². The number of imidazole rings is 1. The molecule has 2 aromatic carbocycles. The van der Waals surface area contributed by atoms with E-state index in [1.165, 1.54) is 6.33 Å². The van der Waals surface area contributed by atoms with Gasteiger partial charge < -0.3 is 24.9 Å². The lowest BCUT2D eigenvalue weighted by Gasteiger charge is -2.22. The highest BCUT2D eigenvalue weighted by atomic mass is 31.2. The molecule has 12 heteroatoms. The van der Waals surface area contributed by atoms with Crippen molar-refractivity contribution < 1.29 is 23.1 Å². The summed E-state index contributed by atoms with van der Waals surface area (Å²) in [5.41, 5.74) is 7.45. The Morgan fingerprint density at radius 2 is 1.81 bits per heavy atom. The SMILES string of the molecule is CC(Cn1cnc2c(N)ncnc21)OCP(=O)(OCCNC(=O)c1ccccc1)Oc1ccccc1. The third kappa shape index (κ3) is 6.66. The van der Waals surface area contributed by atoms with E-state index in [0.717, 1.165) is 0 Å². The molecule has 1 amide bonds. The van der Waals surface area contributed by atoms with Crippen molar-refractivity contribution in [3.8, 4) is 5.75 Å². The third-order valence-corrected chi connectivity index (χ3v) is 6.63. The number of anilines is 1. The quantitative estimate of drug-likeness (QED) is 0.216. The van der Waals surface area contributed by atoms with Crippen molar-refractivity contribution in [1.82, 2.24) is 24.8 Å². The standard InChI is InChI=1S/C24H27N6O5P/c1-18(14-30-16-29-21-22(25)27-15-28-23(21)30)33-17-36(32,35-20-10-6-3-7-11-20)34-13-12-26-24(31)19-8-4-2-5-9-19/h2-11,15-16,18H,12-14,17H2,1H3,(H,26,31)(H2,25,27,28). The average molecular weight is 510 g/mol. The highest BCUT2D eigenvalue weighted by molar-refractivity contribution is 7.54. The van der Waals surface area contributed by atoms with Gasteiger partial charge in [-0.25, -0.2) is 19.5 Å². The lowest BCUT2D eigenvalue weighted by atomic mass is 10.2. The second-order valence-corrected chi connectivity index (χ2v) is 9.83. The van der Waals surface area contributed by atoms with Crippen molar-refractivity contribution in [2.24, 2.45) is 0 Å². The minimum Gasteiger partial charge on any atom is -0.423 e. The monoisotopic (exact) mass is 510 g/mol. The van der Waals surface area contributed by atoms with Gasteiger partial charge in [-0.05, 0) is 31.2 Å².